The molecule has 1 aliphatic heterocycles. The van der Waals surface area contributed by atoms with Crippen LogP contribution >= 0.6 is 0 Å². The molecule has 3 rings (SSSR count). The zero-order chi connectivity index (χ0) is 14.2. The number of piperidine rings is 1. The van der Waals surface area contributed by atoms with Crippen molar-refractivity contribution in [2.24, 2.45) is 5.14 Å². The van der Waals surface area contributed by atoms with E-state index >= 15 is 0 Å². The van der Waals surface area contributed by atoms with Gasteiger partial charge in [-0.2, -0.15) is 12.7 Å². The molecule has 2 heterocycles. The van der Waals surface area contributed by atoms with E-state index in [0.717, 1.165) is 12.8 Å². The van der Waals surface area contributed by atoms with Gasteiger partial charge in [-0.3, -0.25) is 0 Å². The normalized spacial score (nSPS) is 24.6. The molecule has 2 fully saturated rings. The van der Waals surface area contributed by atoms with E-state index < -0.39 is 10.2 Å². The fourth-order valence-corrected chi connectivity index (χ4v) is 3.28. The summed E-state index contributed by atoms with van der Waals surface area (Å²) in [5.74, 6) is 1.22. The second-order valence-electron chi connectivity index (χ2n) is 5.49. The monoisotopic (exact) mass is 297 g/mol. The summed E-state index contributed by atoms with van der Waals surface area (Å²) >= 11 is 0. The number of hydrogen-bond donors (Lipinski definition) is 1. The molecule has 1 aromatic heterocycles. The average Bonchev–Trinajstić information content (AvgIpc) is 3.23. The maximum atomic E-state index is 11.3. The highest BCUT2D eigenvalue weighted by atomic mass is 32.2. The summed E-state index contributed by atoms with van der Waals surface area (Å²) in [7, 11) is -3.63. The highest BCUT2D eigenvalue weighted by Gasteiger charge is 2.28. The standard InChI is InChI=1S/C13H19N3O3S/c14-20(17,18)16-7-1-2-12(9-16)19-13-6-5-11(8-15-13)10-3-4-10/h5-6,8,10,12H,1-4,7,9H2,(H2,14,17,18). The summed E-state index contributed by atoms with van der Waals surface area (Å²) in [6, 6.07) is 3.91. The summed E-state index contributed by atoms with van der Waals surface area (Å²) in [5.41, 5.74) is 1.26. The molecule has 6 nitrogen and oxygen atoms in total. The first-order chi connectivity index (χ1) is 9.52. The first-order valence-electron chi connectivity index (χ1n) is 6.93. The molecule has 2 N–H and O–H groups in total. The molecule has 0 spiro atoms. The van der Waals surface area contributed by atoms with E-state index in [1.54, 1.807) is 0 Å². The minimum atomic E-state index is -3.63. The molecule has 2 aliphatic rings. The lowest BCUT2D eigenvalue weighted by Crippen LogP contribution is -2.47. The van der Waals surface area contributed by atoms with Crippen molar-refractivity contribution < 1.29 is 13.2 Å². The minimum absolute atomic E-state index is 0.179. The van der Waals surface area contributed by atoms with Gasteiger partial charge in [0.05, 0.1) is 6.54 Å². The van der Waals surface area contributed by atoms with E-state index in [9.17, 15) is 8.42 Å². The van der Waals surface area contributed by atoms with Gasteiger partial charge in [-0.05, 0) is 37.2 Å². The van der Waals surface area contributed by atoms with Crippen LogP contribution < -0.4 is 9.88 Å². The van der Waals surface area contributed by atoms with Crippen LogP contribution in [0.4, 0.5) is 0 Å². The molecule has 110 valence electrons. The fraction of sp³-hybridized carbons (Fsp3) is 0.615. The molecule has 0 radical (unpaired) electrons. The molecule has 0 amide bonds. The Labute approximate surface area is 119 Å². The molecule has 1 atom stereocenters. The second-order valence-corrected chi connectivity index (χ2v) is 7.04. The lowest BCUT2D eigenvalue weighted by molar-refractivity contribution is 0.124. The predicted molar refractivity (Wildman–Crippen MR) is 74.5 cm³/mol. The Morgan fingerprint density at radius 1 is 1.30 bits per heavy atom. The van der Waals surface area contributed by atoms with Crippen molar-refractivity contribution in [1.29, 1.82) is 0 Å². The Balaban J connectivity index is 1.61. The third-order valence-electron chi connectivity index (χ3n) is 3.80. The Bertz CT molecular complexity index is 569. The van der Waals surface area contributed by atoms with Gasteiger partial charge in [-0.1, -0.05) is 6.07 Å². The molecule has 7 heteroatoms. The van der Waals surface area contributed by atoms with Crippen LogP contribution in [-0.2, 0) is 10.2 Å². The first-order valence-corrected chi connectivity index (χ1v) is 8.43. The molecule has 1 aliphatic carbocycles. The molecule has 1 unspecified atom stereocenters. The second kappa shape index (κ2) is 5.31. The van der Waals surface area contributed by atoms with E-state index in [2.05, 4.69) is 4.98 Å². The summed E-state index contributed by atoms with van der Waals surface area (Å²) < 4.78 is 29.7. The quantitative estimate of drug-likeness (QED) is 0.898. The first kappa shape index (κ1) is 13.8. The number of hydrogen-bond acceptors (Lipinski definition) is 4. The van der Waals surface area contributed by atoms with Gasteiger partial charge < -0.3 is 4.74 Å². The Kier molecular flexibility index (Phi) is 3.66. The fourth-order valence-electron chi connectivity index (χ4n) is 2.52. The van der Waals surface area contributed by atoms with Gasteiger partial charge in [0.15, 0.2) is 0 Å². The van der Waals surface area contributed by atoms with Crippen molar-refractivity contribution in [2.45, 2.75) is 37.7 Å². The van der Waals surface area contributed by atoms with Gasteiger partial charge in [0.25, 0.3) is 10.2 Å². The van der Waals surface area contributed by atoms with Crippen LogP contribution in [0, 0.1) is 0 Å². The SMILES string of the molecule is NS(=O)(=O)N1CCCC(Oc2ccc(C3CC3)cn2)C1. The number of ether oxygens (including phenoxy) is 1. The van der Waals surface area contributed by atoms with Crippen LogP contribution in [0.1, 0.15) is 37.2 Å². The maximum Gasteiger partial charge on any atom is 0.277 e. The smallest absolute Gasteiger partial charge is 0.277 e. The number of nitrogens with two attached hydrogens (primary N) is 1. The molecule has 1 saturated heterocycles. The highest BCUT2D eigenvalue weighted by molar-refractivity contribution is 7.86. The van der Waals surface area contributed by atoms with Crippen LogP contribution in [0.5, 0.6) is 5.88 Å². The van der Waals surface area contributed by atoms with Crippen molar-refractivity contribution in [2.75, 3.05) is 13.1 Å². The van der Waals surface area contributed by atoms with Gasteiger partial charge in [-0.15, -0.1) is 0 Å². The van der Waals surface area contributed by atoms with Crippen molar-refractivity contribution in [3.8, 4) is 5.88 Å². The van der Waals surface area contributed by atoms with Crippen LogP contribution in [0.2, 0.25) is 0 Å². The van der Waals surface area contributed by atoms with Crippen LogP contribution in [-0.4, -0.2) is 36.9 Å². The third-order valence-corrected chi connectivity index (χ3v) is 4.85. The molecule has 1 saturated carbocycles. The van der Waals surface area contributed by atoms with Crippen LogP contribution in [0.3, 0.4) is 0 Å². The van der Waals surface area contributed by atoms with Gasteiger partial charge in [0, 0.05) is 18.8 Å². The van der Waals surface area contributed by atoms with Crippen molar-refractivity contribution >= 4 is 10.2 Å². The van der Waals surface area contributed by atoms with E-state index in [0.29, 0.717) is 24.9 Å². The minimum Gasteiger partial charge on any atom is -0.473 e. The van der Waals surface area contributed by atoms with E-state index in [-0.39, 0.29) is 6.10 Å². The number of nitrogens with zero attached hydrogens (tertiary/aromatic N) is 2. The van der Waals surface area contributed by atoms with Crippen LogP contribution in [0.25, 0.3) is 0 Å². The summed E-state index contributed by atoms with van der Waals surface area (Å²) in [6.45, 7) is 0.762. The number of pyridine rings is 1. The Morgan fingerprint density at radius 2 is 2.10 bits per heavy atom. The van der Waals surface area contributed by atoms with Gasteiger partial charge in [0.2, 0.25) is 5.88 Å². The average molecular weight is 297 g/mol. The zero-order valence-electron chi connectivity index (χ0n) is 11.2. The van der Waals surface area contributed by atoms with E-state index in [1.165, 1.54) is 22.7 Å². The summed E-state index contributed by atoms with van der Waals surface area (Å²) in [6.07, 6.45) is 5.73. The third kappa shape index (κ3) is 3.28. The Hall–Kier alpha value is -1.18. The van der Waals surface area contributed by atoms with Crippen molar-refractivity contribution in [1.82, 2.24) is 9.29 Å². The van der Waals surface area contributed by atoms with Crippen molar-refractivity contribution in [3.63, 3.8) is 0 Å². The summed E-state index contributed by atoms with van der Waals surface area (Å²) in [4.78, 5) is 4.30. The number of rotatable bonds is 4. The van der Waals surface area contributed by atoms with Gasteiger partial charge in [-0.25, -0.2) is 10.1 Å². The maximum absolute atomic E-state index is 11.3. The van der Waals surface area contributed by atoms with E-state index in [4.69, 9.17) is 9.88 Å². The summed E-state index contributed by atoms with van der Waals surface area (Å²) in [5, 5.41) is 5.15. The topological polar surface area (TPSA) is 85.5 Å². The molecular weight excluding hydrogens is 278 g/mol. The van der Waals surface area contributed by atoms with E-state index in [1.807, 2.05) is 18.3 Å². The van der Waals surface area contributed by atoms with Gasteiger partial charge in [0.1, 0.15) is 6.10 Å². The van der Waals surface area contributed by atoms with Crippen molar-refractivity contribution in [3.05, 3.63) is 23.9 Å². The molecular formula is C13H19N3O3S. The zero-order valence-corrected chi connectivity index (χ0v) is 12.1. The largest absolute Gasteiger partial charge is 0.473 e. The molecule has 0 aromatic carbocycles. The Morgan fingerprint density at radius 3 is 2.70 bits per heavy atom. The highest BCUT2D eigenvalue weighted by Crippen LogP contribution is 2.39. The molecule has 20 heavy (non-hydrogen) atoms. The van der Waals surface area contributed by atoms with Crippen LogP contribution in [0.15, 0.2) is 18.3 Å². The number of aromatic nitrogens is 1. The van der Waals surface area contributed by atoms with Gasteiger partial charge >= 0.3 is 0 Å². The predicted octanol–water partition coefficient (Wildman–Crippen LogP) is 1.01. The molecule has 0 bridgehead atoms. The lowest BCUT2D eigenvalue weighted by Gasteiger charge is -2.30. The lowest BCUT2D eigenvalue weighted by atomic mass is 10.1. The molecule has 1 aromatic rings.